The zero-order valence-electron chi connectivity index (χ0n) is 10.0. The average molecular weight is 426 g/mol. The first kappa shape index (κ1) is 15.9. The second-order valence-electron chi connectivity index (χ2n) is 4.21. The van der Waals surface area contributed by atoms with Crippen molar-refractivity contribution >= 4 is 43.5 Å². The predicted octanol–water partition coefficient (Wildman–Crippen LogP) is 5.42. The van der Waals surface area contributed by atoms with Gasteiger partial charge in [0.05, 0.1) is 10.6 Å². The molecule has 1 atom stereocenters. The van der Waals surface area contributed by atoms with Crippen molar-refractivity contribution in [1.29, 1.82) is 0 Å². The third-order valence-electron chi connectivity index (χ3n) is 2.85. The molecular weight excluding hydrogens is 417 g/mol. The van der Waals surface area contributed by atoms with E-state index in [0.717, 1.165) is 10.5 Å². The first-order valence-corrected chi connectivity index (χ1v) is 7.62. The van der Waals surface area contributed by atoms with Gasteiger partial charge in [0, 0.05) is 27.0 Å². The summed E-state index contributed by atoms with van der Waals surface area (Å²) in [6.45, 7) is 0. The highest BCUT2D eigenvalue weighted by atomic mass is 79.9. The summed E-state index contributed by atoms with van der Waals surface area (Å²) in [6.07, 6.45) is -1.30. The van der Waals surface area contributed by atoms with Gasteiger partial charge in [-0.25, -0.2) is 8.78 Å². The number of aliphatic hydroxyl groups excluding tert-OH is 1. The second-order valence-corrected chi connectivity index (χ2v) is 6.38. The Balaban J connectivity index is 2.35. The maximum atomic E-state index is 13.9. The molecule has 0 spiro atoms. The van der Waals surface area contributed by atoms with Crippen LogP contribution in [0.4, 0.5) is 8.78 Å². The Labute approximate surface area is 136 Å². The summed E-state index contributed by atoms with van der Waals surface area (Å²) in [6, 6.07) is 7.39. The van der Waals surface area contributed by atoms with Crippen LogP contribution >= 0.6 is 43.5 Å². The van der Waals surface area contributed by atoms with E-state index in [1.165, 1.54) is 6.07 Å². The first-order valence-electron chi connectivity index (χ1n) is 5.65. The van der Waals surface area contributed by atoms with Gasteiger partial charge in [-0.05, 0) is 46.3 Å². The number of benzene rings is 2. The quantitative estimate of drug-likeness (QED) is 0.650. The topological polar surface area (TPSA) is 20.2 Å². The van der Waals surface area contributed by atoms with Crippen LogP contribution in [0.2, 0.25) is 5.02 Å². The monoisotopic (exact) mass is 424 g/mol. The maximum absolute atomic E-state index is 13.9. The van der Waals surface area contributed by atoms with E-state index < -0.39 is 17.7 Å². The third kappa shape index (κ3) is 3.39. The molecule has 0 amide bonds. The van der Waals surface area contributed by atoms with Gasteiger partial charge < -0.3 is 5.11 Å². The van der Waals surface area contributed by atoms with E-state index in [2.05, 4.69) is 31.9 Å². The molecule has 0 heterocycles. The van der Waals surface area contributed by atoms with Crippen molar-refractivity contribution in [3.63, 3.8) is 0 Å². The summed E-state index contributed by atoms with van der Waals surface area (Å²) in [7, 11) is 0. The minimum atomic E-state index is -1.10. The Bertz CT molecular complexity index is 649. The van der Waals surface area contributed by atoms with Crippen molar-refractivity contribution in [3.8, 4) is 0 Å². The molecule has 0 saturated heterocycles. The Kier molecular flexibility index (Phi) is 5.18. The Morgan fingerprint density at radius 3 is 2.55 bits per heavy atom. The van der Waals surface area contributed by atoms with Gasteiger partial charge in [0.15, 0.2) is 0 Å². The summed E-state index contributed by atoms with van der Waals surface area (Å²) < 4.78 is 28.4. The smallest absolute Gasteiger partial charge is 0.143 e. The van der Waals surface area contributed by atoms with Crippen LogP contribution in [0, 0.1) is 11.6 Å². The third-order valence-corrected chi connectivity index (χ3v) is 4.30. The maximum Gasteiger partial charge on any atom is 0.143 e. The van der Waals surface area contributed by atoms with E-state index in [9.17, 15) is 13.9 Å². The highest BCUT2D eigenvalue weighted by molar-refractivity contribution is 9.10. The molecular formula is C14H9Br2ClF2O. The molecule has 6 heteroatoms. The van der Waals surface area contributed by atoms with Gasteiger partial charge in [-0.1, -0.05) is 27.5 Å². The van der Waals surface area contributed by atoms with Crippen molar-refractivity contribution in [1.82, 2.24) is 0 Å². The summed E-state index contributed by atoms with van der Waals surface area (Å²) in [5.74, 6) is -1.41. The van der Waals surface area contributed by atoms with E-state index in [0.29, 0.717) is 10.6 Å². The molecule has 0 saturated carbocycles. The summed E-state index contributed by atoms with van der Waals surface area (Å²) in [4.78, 5) is 0. The second kappa shape index (κ2) is 6.52. The van der Waals surface area contributed by atoms with E-state index in [4.69, 9.17) is 11.6 Å². The van der Waals surface area contributed by atoms with Gasteiger partial charge in [-0.2, -0.15) is 0 Å². The van der Waals surface area contributed by atoms with Crippen LogP contribution < -0.4 is 0 Å². The number of rotatable bonds is 3. The van der Waals surface area contributed by atoms with Gasteiger partial charge in [0.1, 0.15) is 11.6 Å². The zero-order chi connectivity index (χ0) is 14.9. The highest BCUT2D eigenvalue weighted by Gasteiger charge is 2.19. The van der Waals surface area contributed by atoms with Crippen molar-refractivity contribution < 1.29 is 13.9 Å². The fourth-order valence-electron chi connectivity index (χ4n) is 1.83. The van der Waals surface area contributed by atoms with Crippen molar-refractivity contribution in [2.45, 2.75) is 12.5 Å². The fourth-order valence-corrected chi connectivity index (χ4v) is 2.82. The SMILES string of the molecule is OC(Cc1c(F)ccc(Br)c1F)c1cc(Br)ccc1Cl. The van der Waals surface area contributed by atoms with Crippen LogP contribution in [-0.2, 0) is 6.42 Å². The Morgan fingerprint density at radius 2 is 1.85 bits per heavy atom. The number of aliphatic hydroxyl groups is 1. The molecule has 20 heavy (non-hydrogen) atoms. The lowest BCUT2D eigenvalue weighted by atomic mass is 10.0. The molecule has 1 nitrogen and oxygen atoms in total. The number of halogens is 5. The molecule has 0 aliphatic rings. The lowest BCUT2D eigenvalue weighted by molar-refractivity contribution is 0.175. The molecule has 106 valence electrons. The minimum absolute atomic E-state index is 0.154. The largest absolute Gasteiger partial charge is 0.388 e. The molecule has 0 aliphatic heterocycles. The number of hydrogen-bond acceptors (Lipinski definition) is 1. The predicted molar refractivity (Wildman–Crippen MR) is 81.9 cm³/mol. The molecule has 0 aromatic heterocycles. The minimum Gasteiger partial charge on any atom is -0.388 e. The molecule has 2 aromatic rings. The highest BCUT2D eigenvalue weighted by Crippen LogP contribution is 2.31. The van der Waals surface area contributed by atoms with E-state index in [1.807, 2.05) is 0 Å². The van der Waals surface area contributed by atoms with Crippen LogP contribution in [0.3, 0.4) is 0 Å². The van der Waals surface area contributed by atoms with Gasteiger partial charge in [0.2, 0.25) is 0 Å². The molecule has 2 aromatic carbocycles. The van der Waals surface area contributed by atoms with Crippen molar-refractivity contribution in [2.24, 2.45) is 0 Å². The van der Waals surface area contributed by atoms with Crippen LogP contribution in [0.1, 0.15) is 17.2 Å². The van der Waals surface area contributed by atoms with Gasteiger partial charge in [0.25, 0.3) is 0 Å². The van der Waals surface area contributed by atoms with Crippen molar-refractivity contribution in [3.05, 3.63) is 67.1 Å². The molecule has 0 radical (unpaired) electrons. The fraction of sp³-hybridized carbons (Fsp3) is 0.143. The summed E-state index contributed by atoms with van der Waals surface area (Å²) in [5.41, 5.74) is 0.239. The molecule has 2 rings (SSSR count). The Morgan fingerprint density at radius 1 is 1.15 bits per heavy atom. The molecule has 1 N–H and O–H groups in total. The standard InChI is InChI=1S/C14H9Br2ClF2O/c15-7-1-3-11(17)8(5-7)13(20)6-9-12(18)4-2-10(16)14(9)19/h1-5,13,20H,6H2. The van der Waals surface area contributed by atoms with Crippen molar-refractivity contribution in [2.75, 3.05) is 0 Å². The lowest BCUT2D eigenvalue weighted by Crippen LogP contribution is -2.07. The Hall–Kier alpha value is -0.490. The van der Waals surface area contributed by atoms with E-state index >= 15 is 0 Å². The molecule has 1 unspecified atom stereocenters. The molecule has 0 aliphatic carbocycles. The number of hydrogen-bond donors (Lipinski definition) is 1. The molecule has 0 bridgehead atoms. The van der Waals surface area contributed by atoms with Crippen LogP contribution in [0.5, 0.6) is 0 Å². The normalized spacial score (nSPS) is 12.5. The van der Waals surface area contributed by atoms with Crippen LogP contribution in [0.15, 0.2) is 39.3 Å². The first-order chi connectivity index (χ1) is 9.40. The van der Waals surface area contributed by atoms with E-state index in [-0.39, 0.29) is 16.5 Å². The lowest BCUT2D eigenvalue weighted by Gasteiger charge is -2.15. The molecule has 0 fully saturated rings. The summed E-state index contributed by atoms with van der Waals surface area (Å²) >= 11 is 12.3. The average Bonchev–Trinajstić information content (AvgIpc) is 2.41. The summed E-state index contributed by atoms with van der Waals surface area (Å²) in [5, 5.41) is 10.5. The zero-order valence-corrected chi connectivity index (χ0v) is 13.9. The van der Waals surface area contributed by atoms with Gasteiger partial charge >= 0.3 is 0 Å². The van der Waals surface area contributed by atoms with E-state index in [1.54, 1.807) is 18.2 Å². The van der Waals surface area contributed by atoms with Gasteiger partial charge in [-0.15, -0.1) is 0 Å². The van der Waals surface area contributed by atoms with Crippen LogP contribution in [0.25, 0.3) is 0 Å². The van der Waals surface area contributed by atoms with Gasteiger partial charge in [-0.3, -0.25) is 0 Å². The van der Waals surface area contributed by atoms with Crippen LogP contribution in [-0.4, -0.2) is 5.11 Å².